The summed E-state index contributed by atoms with van der Waals surface area (Å²) in [6.45, 7) is 11.4. The number of nitro groups is 1. The lowest BCUT2D eigenvalue weighted by molar-refractivity contribution is -0.627. The maximum absolute atomic E-state index is 13.7. The second kappa shape index (κ2) is 11.9. The Morgan fingerprint density at radius 1 is 1.31 bits per heavy atom. The monoisotopic (exact) mass is 586 g/mol. The summed E-state index contributed by atoms with van der Waals surface area (Å²) < 4.78 is 13.2. The number of aromatic nitrogens is 2. The molecule has 14 nitrogen and oxygen atoms in total. The SMILES string of the molecule is CC(C)C[C@H](NC(=O)[C@H](CCCNC1NN1[N+](=O)[O-])NC(=O)C=Cc1cnc[nH]1)B1O[C@@H]2C[C@@H]3C[C@@H](C3(C)C)[C@]2(C)O1. The number of aromatic amines is 1. The van der Waals surface area contributed by atoms with Crippen LogP contribution in [0.15, 0.2) is 18.6 Å². The zero-order valence-corrected chi connectivity index (χ0v) is 25.0. The Labute approximate surface area is 246 Å². The Kier molecular flexibility index (Phi) is 8.66. The standard InChI is InChI=1S/C27H43BN8O6/c1-16(2)11-22(28-41-21-13-17-12-20(26(17,3)4)27(21,5)42-28)33-24(38)19(7-6-10-30-25-34-35(25)36(39)40)32-23(37)9-8-18-14-29-15-31-18/h8-9,14-17,19-22,25,30,34H,6-7,10-13H2,1-5H3,(H,29,31)(H,32,37)(H,33,38)/t17-,19-,20-,21+,22-,25?,27-,35?/m0/s1. The number of imidazole rings is 1. The lowest BCUT2D eigenvalue weighted by Crippen LogP contribution is -2.65. The van der Waals surface area contributed by atoms with E-state index >= 15 is 0 Å². The fraction of sp³-hybridized carbons (Fsp3) is 0.741. The average molecular weight is 587 g/mol. The van der Waals surface area contributed by atoms with E-state index in [-0.39, 0.29) is 29.3 Å². The Hall–Kier alpha value is -3.01. The van der Waals surface area contributed by atoms with Crippen molar-refractivity contribution >= 4 is 25.0 Å². The van der Waals surface area contributed by atoms with Gasteiger partial charge in [0.15, 0.2) is 5.03 Å². The lowest BCUT2D eigenvalue weighted by atomic mass is 9.43. The van der Waals surface area contributed by atoms with Crippen LogP contribution in [0.1, 0.15) is 72.4 Å². The van der Waals surface area contributed by atoms with Crippen LogP contribution in [0.3, 0.4) is 0 Å². The molecule has 3 heterocycles. The summed E-state index contributed by atoms with van der Waals surface area (Å²) in [5.41, 5.74) is 3.05. The Morgan fingerprint density at radius 2 is 2.10 bits per heavy atom. The number of hydrogen-bond donors (Lipinski definition) is 5. The summed E-state index contributed by atoms with van der Waals surface area (Å²) in [5, 5.41) is 20.1. The minimum absolute atomic E-state index is 0.00482. The summed E-state index contributed by atoms with van der Waals surface area (Å²) in [7, 11) is -0.575. The maximum Gasteiger partial charge on any atom is 0.481 e. The van der Waals surface area contributed by atoms with Gasteiger partial charge in [-0.05, 0) is 79.9 Å². The summed E-state index contributed by atoms with van der Waals surface area (Å²) in [4.78, 5) is 44.1. The van der Waals surface area contributed by atoms with Crippen molar-refractivity contribution in [3.63, 3.8) is 0 Å². The maximum atomic E-state index is 13.7. The summed E-state index contributed by atoms with van der Waals surface area (Å²) >= 11 is 0. The second-order valence-corrected chi connectivity index (χ2v) is 13.2. The second-order valence-electron chi connectivity index (χ2n) is 13.2. The molecule has 5 fully saturated rings. The van der Waals surface area contributed by atoms with E-state index in [1.165, 1.54) is 12.4 Å². The molecule has 2 aliphatic heterocycles. The molecule has 0 radical (unpaired) electrons. The van der Waals surface area contributed by atoms with Gasteiger partial charge in [0.25, 0.3) is 0 Å². The molecule has 5 N–H and O–H groups in total. The topological polar surface area (TPSA) is 185 Å². The smallest absolute Gasteiger partial charge is 0.404 e. The minimum atomic E-state index is -0.829. The molecule has 1 aromatic rings. The molecular formula is C27H43BN8O6. The number of rotatable bonds is 14. The highest BCUT2D eigenvalue weighted by atomic mass is 16.7. The van der Waals surface area contributed by atoms with Gasteiger partial charge in [0, 0.05) is 6.08 Å². The van der Waals surface area contributed by atoms with E-state index in [0.717, 1.165) is 18.0 Å². The van der Waals surface area contributed by atoms with Gasteiger partial charge in [0.2, 0.25) is 18.1 Å². The molecule has 230 valence electrons. The van der Waals surface area contributed by atoms with Crippen molar-refractivity contribution in [1.82, 2.24) is 36.5 Å². The van der Waals surface area contributed by atoms with E-state index in [4.69, 9.17) is 9.31 Å². The molecule has 1 aromatic heterocycles. The van der Waals surface area contributed by atoms with Gasteiger partial charge in [-0.15, -0.1) is 5.43 Å². The number of hydrogen-bond acceptors (Lipinski definition) is 9. The highest BCUT2D eigenvalue weighted by molar-refractivity contribution is 6.48. The largest absolute Gasteiger partial charge is 0.481 e. The van der Waals surface area contributed by atoms with Crippen molar-refractivity contribution in [2.75, 3.05) is 6.54 Å². The first-order chi connectivity index (χ1) is 19.9. The van der Waals surface area contributed by atoms with Crippen LogP contribution in [-0.2, 0) is 18.9 Å². The molecule has 2 amide bonds. The zero-order valence-electron chi connectivity index (χ0n) is 25.0. The normalized spacial score (nSPS) is 30.5. The van der Waals surface area contributed by atoms with E-state index in [0.29, 0.717) is 43.3 Å². The van der Waals surface area contributed by atoms with Gasteiger partial charge in [-0.1, -0.05) is 27.7 Å². The number of H-pyrrole nitrogens is 1. The zero-order chi connectivity index (χ0) is 30.2. The van der Waals surface area contributed by atoms with Crippen LogP contribution in [0.2, 0.25) is 0 Å². The number of nitrogens with one attached hydrogen (secondary N) is 5. The summed E-state index contributed by atoms with van der Waals surface area (Å²) in [5.74, 6) is 0.165. The van der Waals surface area contributed by atoms with Crippen molar-refractivity contribution in [3.8, 4) is 0 Å². The molecule has 3 saturated carbocycles. The predicted octanol–water partition coefficient (Wildman–Crippen LogP) is 1.37. The van der Waals surface area contributed by atoms with E-state index in [2.05, 4.69) is 66.0 Å². The molecule has 5 aliphatic rings. The van der Waals surface area contributed by atoms with Crippen LogP contribution in [0.5, 0.6) is 0 Å². The number of amides is 2. The quantitative estimate of drug-likeness (QED) is 0.0533. The van der Waals surface area contributed by atoms with Gasteiger partial charge in [0.1, 0.15) is 6.04 Å². The van der Waals surface area contributed by atoms with E-state index < -0.39 is 36.0 Å². The number of carbonyl (C=O) groups is 2. The third kappa shape index (κ3) is 6.33. The third-order valence-corrected chi connectivity index (χ3v) is 9.53. The minimum Gasteiger partial charge on any atom is -0.404 e. The van der Waals surface area contributed by atoms with Crippen LogP contribution in [0, 0.1) is 33.3 Å². The number of hydrazine groups is 2. The molecule has 3 aliphatic carbocycles. The highest BCUT2D eigenvalue weighted by Gasteiger charge is 2.68. The molecule has 42 heavy (non-hydrogen) atoms. The molecule has 6 rings (SSSR count). The van der Waals surface area contributed by atoms with E-state index in [1.54, 1.807) is 12.3 Å². The molecule has 2 bridgehead atoms. The number of carbonyl (C=O) groups excluding carboxylic acids is 2. The van der Waals surface area contributed by atoms with Gasteiger partial charge < -0.3 is 24.9 Å². The van der Waals surface area contributed by atoms with Crippen LogP contribution in [-0.4, -0.2) is 75.6 Å². The van der Waals surface area contributed by atoms with Crippen LogP contribution >= 0.6 is 0 Å². The Morgan fingerprint density at radius 3 is 2.74 bits per heavy atom. The van der Waals surface area contributed by atoms with E-state index in [1.807, 2.05) is 0 Å². The predicted molar refractivity (Wildman–Crippen MR) is 154 cm³/mol. The first-order valence-corrected chi connectivity index (χ1v) is 14.9. The van der Waals surface area contributed by atoms with Gasteiger partial charge in [-0.2, -0.15) is 0 Å². The first-order valence-electron chi connectivity index (χ1n) is 14.9. The molecular weight excluding hydrogens is 543 g/mol. The van der Waals surface area contributed by atoms with Gasteiger partial charge in [0.05, 0.1) is 35.9 Å². The summed E-state index contributed by atoms with van der Waals surface area (Å²) in [6, 6.07) is -0.829. The van der Waals surface area contributed by atoms with Gasteiger partial charge in [-0.3, -0.25) is 14.9 Å². The molecule has 15 heteroatoms. The molecule has 7 atom stereocenters. The van der Waals surface area contributed by atoms with Crippen molar-refractivity contribution in [2.45, 2.75) is 96.7 Å². The molecule has 1 unspecified atom stereocenters. The van der Waals surface area contributed by atoms with Crippen LogP contribution < -0.4 is 21.4 Å². The van der Waals surface area contributed by atoms with Gasteiger partial charge in [-0.25, -0.2) is 15.1 Å². The molecule has 2 saturated heterocycles. The van der Waals surface area contributed by atoms with E-state index in [9.17, 15) is 19.7 Å². The Balaban J connectivity index is 1.23. The van der Waals surface area contributed by atoms with Gasteiger partial charge >= 0.3 is 7.12 Å². The highest BCUT2D eigenvalue weighted by Crippen LogP contribution is 2.65. The van der Waals surface area contributed by atoms with Crippen molar-refractivity contribution in [2.24, 2.45) is 23.2 Å². The van der Waals surface area contributed by atoms with Crippen LogP contribution in [0.4, 0.5) is 0 Å². The van der Waals surface area contributed by atoms with Crippen molar-refractivity contribution < 1.29 is 23.9 Å². The fourth-order valence-corrected chi connectivity index (χ4v) is 7.02. The Bertz CT molecular complexity index is 1180. The number of nitrogens with zero attached hydrogens (tertiary/aromatic N) is 3. The lowest BCUT2D eigenvalue weighted by Gasteiger charge is -2.64. The van der Waals surface area contributed by atoms with Crippen molar-refractivity contribution in [1.29, 1.82) is 0 Å². The van der Waals surface area contributed by atoms with Crippen LogP contribution in [0.25, 0.3) is 6.08 Å². The average Bonchev–Trinajstić information content (AvgIpc) is 3.33. The molecule has 0 spiro atoms. The fourth-order valence-electron chi connectivity index (χ4n) is 7.02. The third-order valence-electron chi connectivity index (χ3n) is 9.53. The molecule has 0 aromatic carbocycles. The first kappa shape index (κ1) is 30.5. The summed E-state index contributed by atoms with van der Waals surface area (Å²) in [6.07, 6.45) is 9.05. The van der Waals surface area contributed by atoms with Crippen molar-refractivity contribution in [3.05, 3.63) is 34.4 Å².